The first-order valence-electron chi connectivity index (χ1n) is 12.9. The molecule has 2 heterocycles. The van der Waals surface area contributed by atoms with Crippen molar-refractivity contribution in [3.05, 3.63) is 110 Å². The molecule has 184 valence electrons. The molecule has 0 spiro atoms. The van der Waals surface area contributed by atoms with Crippen LogP contribution in [0, 0.1) is 0 Å². The molecular weight excluding hydrogens is 524 g/mol. The molecule has 0 saturated heterocycles. The SMILES string of the molecule is CCCCCCn1c2ccccc2c(=O)c2cc3c(cc21)c(=O)c1cc(Br)ccc1n3-c1ccccc1. The van der Waals surface area contributed by atoms with E-state index in [4.69, 9.17) is 0 Å². The summed E-state index contributed by atoms with van der Waals surface area (Å²) in [5, 5.41) is 2.60. The number of rotatable bonds is 6. The first kappa shape index (κ1) is 23.7. The van der Waals surface area contributed by atoms with Gasteiger partial charge in [-0.05, 0) is 61.0 Å². The lowest BCUT2D eigenvalue weighted by Crippen LogP contribution is -2.15. The van der Waals surface area contributed by atoms with Gasteiger partial charge >= 0.3 is 0 Å². The molecular formula is C32H27BrN2O2. The summed E-state index contributed by atoms with van der Waals surface area (Å²) in [6, 6.07) is 27.5. The molecule has 0 radical (unpaired) electrons. The minimum absolute atomic E-state index is 0.000252. The van der Waals surface area contributed by atoms with Crippen molar-refractivity contribution in [2.24, 2.45) is 0 Å². The summed E-state index contributed by atoms with van der Waals surface area (Å²) in [6.45, 7) is 3.01. The third-order valence-corrected chi connectivity index (χ3v) is 7.76. The van der Waals surface area contributed by atoms with E-state index in [1.165, 1.54) is 6.42 Å². The molecule has 0 saturated carbocycles. The summed E-state index contributed by atoms with van der Waals surface area (Å²) in [7, 11) is 0. The van der Waals surface area contributed by atoms with Crippen LogP contribution >= 0.6 is 15.9 Å². The molecule has 0 fully saturated rings. The maximum Gasteiger partial charge on any atom is 0.197 e. The van der Waals surface area contributed by atoms with Gasteiger partial charge in [-0.3, -0.25) is 9.59 Å². The molecule has 6 rings (SSSR count). The smallest absolute Gasteiger partial charge is 0.197 e. The van der Waals surface area contributed by atoms with E-state index in [-0.39, 0.29) is 10.9 Å². The van der Waals surface area contributed by atoms with Gasteiger partial charge in [-0.2, -0.15) is 0 Å². The number of fused-ring (bicyclic) bond motifs is 4. The molecule has 5 heteroatoms. The maximum absolute atomic E-state index is 13.9. The van der Waals surface area contributed by atoms with Gasteiger partial charge in [0.05, 0.1) is 22.1 Å². The molecule has 4 aromatic carbocycles. The molecule has 0 unspecified atom stereocenters. The molecule has 0 bridgehead atoms. The van der Waals surface area contributed by atoms with Crippen molar-refractivity contribution < 1.29 is 0 Å². The molecule has 2 aromatic heterocycles. The number of benzene rings is 4. The number of para-hydroxylation sites is 2. The van der Waals surface area contributed by atoms with E-state index in [1.54, 1.807) is 0 Å². The minimum Gasteiger partial charge on any atom is -0.340 e. The number of hydrogen-bond donors (Lipinski definition) is 0. The number of halogens is 1. The van der Waals surface area contributed by atoms with Crippen LogP contribution in [-0.2, 0) is 6.54 Å². The van der Waals surface area contributed by atoms with E-state index in [1.807, 2.05) is 84.9 Å². The topological polar surface area (TPSA) is 44.0 Å². The molecule has 0 aliphatic rings. The van der Waals surface area contributed by atoms with Crippen LogP contribution in [0.15, 0.2) is 99.0 Å². The number of pyridine rings is 2. The second kappa shape index (κ2) is 9.64. The van der Waals surface area contributed by atoms with Crippen molar-refractivity contribution in [2.45, 2.75) is 39.2 Å². The fourth-order valence-electron chi connectivity index (χ4n) is 5.48. The first-order valence-corrected chi connectivity index (χ1v) is 13.7. The summed E-state index contributed by atoms with van der Waals surface area (Å²) < 4.78 is 5.19. The van der Waals surface area contributed by atoms with Crippen LogP contribution in [0.25, 0.3) is 49.3 Å². The maximum atomic E-state index is 13.9. The highest BCUT2D eigenvalue weighted by molar-refractivity contribution is 9.10. The average Bonchev–Trinajstić information content (AvgIpc) is 2.93. The van der Waals surface area contributed by atoms with Gasteiger partial charge in [0.1, 0.15) is 0 Å². The van der Waals surface area contributed by atoms with Crippen molar-refractivity contribution in [1.29, 1.82) is 0 Å². The van der Waals surface area contributed by atoms with E-state index in [0.717, 1.165) is 58.0 Å². The Labute approximate surface area is 222 Å². The first-order chi connectivity index (χ1) is 18.1. The van der Waals surface area contributed by atoms with Gasteiger partial charge in [0.2, 0.25) is 0 Å². The zero-order valence-corrected chi connectivity index (χ0v) is 22.3. The molecule has 0 N–H and O–H groups in total. The Morgan fingerprint density at radius 3 is 2.11 bits per heavy atom. The van der Waals surface area contributed by atoms with E-state index in [9.17, 15) is 9.59 Å². The highest BCUT2D eigenvalue weighted by atomic mass is 79.9. The van der Waals surface area contributed by atoms with E-state index < -0.39 is 0 Å². The summed E-state index contributed by atoms with van der Waals surface area (Å²) in [6.07, 6.45) is 4.50. The number of aromatic nitrogens is 2. The van der Waals surface area contributed by atoms with E-state index in [2.05, 4.69) is 32.0 Å². The third kappa shape index (κ3) is 3.98. The summed E-state index contributed by atoms with van der Waals surface area (Å²) in [5.41, 5.74) is 4.20. The van der Waals surface area contributed by atoms with E-state index >= 15 is 0 Å². The number of hydrogen-bond acceptors (Lipinski definition) is 2. The standard InChI is InChI=1S/C32H27BrN2O2/c1-2-3-4-10-17-34-27-14-9-8-13-23(27)31(36)25-20-30-26(19-29(25)34)32(37)24-18-21(33)15-16-28(24)35(30)22-11-6-5-7-12-22/h5-9,11-16,18-20H,2-4,10,17H2,1H3. The van der Waals surface area contributed by atoms with Gasteiger partial charge in [0, 0.05) is 38.2 Å². The summed E-state index contributed by atoms with van der Waals surface area (Å²) >= 11 is 3.55. The van der Waals surface area contributed by atoms with Crippen molar-refractivity contribution >= 4 is 59.5 Å². The average molecular weight is 551 g/mol. The monoisotopic (exact) mass is 550 g/mol. The van der Waals surface area contributed by atoms with Gasteiger partial charge in [0.25, 0.3) is 0 Å². The Hall–Kier alpha value is -3.70. The molecule has 0 atom stereocenters. The lowest BCUT2D eigenvalue weighted by Gasteiger charge is -2.19. The highest BCUT2D eigenvalue weighted by Crippen LogP contribution is 2.30. The third-order valence-electron chi connectivity index (χ3n) is 7.27. The van der Waals surface area contributed by atoms with Gasteiger partial charge in [0.15, 0.2) is 10.9 Å². The van der Waals surface area contributed by atoms with Crippen molar-refractivity contribution in [3.63, 3.8) is 0 Å². The Morgan fingerprint density at radius 1 is 0.622 bits per heavy atom. The fraction of sp³-hybridized carbons (Fsp3) is 0.188. The molecule has 6 aromatic rings. The molecule has 4 nitrogen and oxygen atoms in total. The normalized spacial score (nSPS) is 11.7. The Morgan fingerprint density at radius 2 is 1.30 bits per heavy atom. The van der Waals surface area contributed by atoms with E-state index in [0.29, 0.717) is 21.5 Å². The minimum atomic E-state index is -0.0291. The Kier molecular flexibility index (Phi) is 6.17. The molecule has 0 amide bonds. The van der Waals surface area contributed by atoms with Crippen LogP contribution in [0.5, 0.6) is 0 Å². The largest absolute Gasteiger partial charge is 0.340 e. The van der Waals surface area contributed by atoms with Crippen LogP contribution in [0.3, 0.4) is 0 Å². The van der Waals surface area contributed by atoms with Gasteiger partial charge < -0.3 is 9.13 Å². The highest BCUT2D eigenvalue weighted by Gasteiger charge is 2.17. The quantitative estimate of drug-likeness (QED) is 0.156. The van der Waals surface area contributed by atoms with Crippen LogP contribution in [0.4, 0.5) is 0 Å². The van der Waals surface area contributed by atoms with Crippen LogP contribution in [0.1, 0.15) is 32.6 Å². The molecule has 37 heavy (non-hydrogen) atoms. The van der Waals surface area contributed by atoms with Crippen molar-refractivity contribution in [2.75, 3.05) is 0 Å². The predicted molar refractivity (Wildman–Crippen MR) is 158 cm³/mol. The van der Waals surface area contributed by atoms with Crippen molar-refractivity contribution in [1.82, 2.24) is 9.13 Å². The van der Waals surface area contributed by atoms with Crippen LogP contribution < -0.4 is 10.9 Å². The molecule has 0 aliphatic heterocycles. The fourth-order valence-corrected chi connectivity index (χ4v) is 5.84. The Balaban J connectivity index is 1.78. The predicted octanol–water partition coefficient (Wildman–Crippen LogP) is 7.95. The zero-order chi connectivity index (χ0) is 25.5. The number of unbranched alkanes of at least 4 members (excludes halogenated alkanes) is 3. The Bertz CT molecular complexity index is 1920. The second-order valence-electron chi connectivity index (χ2n) is 9.61. The lowest BCUT2D eigenvalue weighted by atomic mass is 10.0. The second-order valence-corrected chi connectivity index (χ2v) is 10.5. The summed E-state index contributed by atoms with van der Waals surface area (Å²) in [5.74, 6) is 0. The number of aryl methyl sites for hydroxylation is 1. The van der Waals surface area contributed by atoms with Crippen molar-refractivity contribution in [3.8, 4) is 5.69 Å². The zero-order valence-electron chi connectivity index (χ0n) is 20.7. The van der Waals surface area contributed by atoms with Gasteiger partial charge in [-0.15, -0.1) is 0 Å². The van der Waals surface area contributed by atoms with Gasteiger partial charge in [-0.25, -0.2) is 0 Å². The molecule has 0 aliphatic carbocycles. The summed E-state index contributed by atoms with van der Waals surface area (Å²) in [4.78, 5) is 27.7. The number of nitrogens with zero attached hydrogens (tertiary/aromatic N) is 2. The van der Waals surface area contributed by atoms with Crippen LogP contribution in [0.2, 0.25) is 0 Å². The lowest BCUT2D eigenvalue weighted by molar-refractivity contribution is 0.601. The van der Waals surface area contributed by atoms with Crippen LogP contribution in [-0.4, -0.2) is 9.13 Å². The van der Waals surface area contributed by atoms with Gasteiger partial charge in [-0.1, -0.05) is 72.4 Å².